The number of benzene rings is 1. The first-order valence-corrected chi connectivity index (χ1v) is 6.47. The van der Waals surface area contributed by atoms with Crippen LogP contribution in [-0.4, -0.2) is 18.3 Å². The minimum Gasteiger partial charge on any atom is -0.400 e. The summed E-state index contributed by atoms with van der Waals surface area (Å²) in [6.07, 6.45) is 3.02. The lowest BCUT2D eigenvalue weighted by Gasteiger charge is -2.32. The van der Waals surface area contributed by atoms with Gasteiger partial charge < -0.3 is 9.31 Å². The molecule has 2 nitrogen and oxygen atoms in total. The third-order valence-corrected chi connectivity index (χ3v) is 3.76. The summed E-state index contributed by atoms with van der Waals surface area (Å²) < 4.78 is 11.8. The molecule has 0 unspecified atom stereocenters. The van der Waals surface area contributed by atoms with Crippen molar-refractivity contribution in [3.8, 4) is 0 Å². The highest BCUT2D eigenvalue weighted by molar-refractivity contribution is 6.51. The average Bonchev–Trinajstić information content (AvgIpc) is 2.49. The summed E-state index contributed by atoms with van der Waals surface area (Å²) in [7, 11) is -0.237. The van der Waals surface area contributed by atoms with Crippen LogP contribution in [0.15, 0.2) is 42.4 Å². The van der Waals surface area contributed by atoms with Gasteiger partial charge >= 0.3 is 7.12 Å². The quantitative estimate of drug-likeness (QED) is 0.758. The Morgan fingerprint density at radius 3 is 2.11 bits per heavy atom. The van der Waals surface area contributed by atoms with Gasteiger partial charge in [-0.25, -0.2) is 0 Å². The molecule has 96 valence electrons. The van der Waals surface area contributed by atoms with Crippen molar-refractivity contribution in [3.05, 3.63) is 47.9 Å². The minimum atomic E-state index is -0.255. The molecule has 0 aliphatic carbocycles. The van der Waals surface area contributed by atoms with Crippen molar-refractivity contribution < 1.29 is 9.31 Å². The van der Waals surface area contributed by atoms with Crippen LogP contribution in [0, 0.1) is 0 Å². The van der Waals surface area contributed by atoms with Crippen LogP contribution < -0.4 is 0 Å². The largest absolute Gasteiger partial charge is 0.486 e. The molecule has 1 aliphatic heterocycles. The van der Waals surface area contributed by atoms with E-state index in [-0.39, 0.29) is 18.3 Å². The van der Waals surface area contributed by atoms with Crippen LogP contribution in [0.1, 0.15) is 33.3 Å². The number of allylic oxidation sites excluding steroid dienone is 1. The van der Waals surface area contributed by atoms with Crippen LogP contribution in [0.4, 0.5) is 0 Å². The predicted octanol–water partition coefficient (Wildman–Crippen LogP) is 3.42. The maximum atomic E-state index is 5.89. The SMILES string of the molecule is CC1(C)OB(/C=C/Cc2ccccc2)OC1(C)C. The average molecular weight is 244 g/mol. The first kappa shape index (κ1) is 13.4. The summed E-state index contributed by atoms with van der Waals surface area (Å²) in [4.78, 5) is 0. The maximum absolute atomic E-state index is 5.89. The van der Waals surface area contributed by atoms with Crippen molar-refractivity contribution in [2.24, 2.45) is 0 Å². The summed E-state index contributed by atoms with van der Waals surface area (Å²) in [6.45, 7) is 8.27. The topological polar surface area (TPSA) is 18.5 Å². The third kappa shape index (κ3) is 2.85. The van der Waals surface area contributed by atoms with Crippen LogP contribution in [0.2, 0.25) is 0 Å². The first-order valence-electron chi connectivity index (χ1n) is 6.47. The molecule has 0 bridgehead atoms. The Bertz CT molecular complexity index is 407. The zero-order valence-corrected chi connectivity index (χ0v) is 11.6. The Kier molecular flexibility index (Phi) is 3.65. The van der Waals surface area contributed by atoms with Crippen LogP contribution in [-0.2, 0) is 15.7 Å². The summed E-state index contributed by atoms with van der Waals surface area (Å²) >= 11 is 0. The van der Waals surface area contributed by atoms with Gasteiger partial charge in [0.1, 0.15) is 0 Å². The third-order valence-electron chi connectivity index (χ3n) is 3.76. The number of rotatable bonds is 3. The molecule has 3 heteroatoms. The van der Waals surface area contributed by atoms with Gasteiger partial charge in [-0.05, 0) is 39.7 Å². The monoisotopic (exact) mass is 244 g/mol. The Morgan fingerprint density at radius 1 is 1.00 bits per heavy atom. The lowest BCUT2D eigenvalue weighted by atomic mass is 9.89. The van der Waals surface area contributed by atoms with Gasteiger partial charge in [-0.2, -0.15) is 0 Å². The molecular formula is C15H21BO2. The van der Waals surface area contributed by atoms with Crippen LogP contribution in [0.25, 0.3) is 0 Å². The van der Waals surface area contributed by atoms with Crippen molar-refractivity contribution in [1.82, 2.24) is 0 Å². The Morgan fingerprint density at radius 2 is 1.56 bits per heavy atom. The van der Waals surface area contributed by atoms with Gasteiger partial charge in [0.25, 0.3) is 0 Å². The van der Waals surface area contributed by atoms with Crippen molar-refractivity contribution in [3.63, 3.8) is 0 Å². The molecule has 1 fully saturated rings. The van der Waals surface area contributed by atoms with Crippen LogP contribution in [0.3, 0.4) is 0 Å². The molecule has 1 aliphatic rings. The fourth-order valence-electron chi connectivity index (χ4n) is 1.90. The maximum Gasteiger partial charge on any atom is 0.486 e. The van der Waals surface area contributed by atoms with E-state index in [0.29, 0.717) is 0 Å². The smallest absolute Gasteiger partial charge is 0.400 e. The molecule has 1 aromatic rings. The summed E-state index contributed by atoms with van der Waals surface area (Å²) in [5, 5.41) is 0. The predicted molar refractivity (Wildman–Crippen MR) is 75.4 cm³/mol. The van der Waals surface area contributed by atoms with E-state index in [2.05, 4.69) is 58.0 Å². The molecular weight excluding hydrogens is 223 g/mol. The Labute approximate surface area is 110 Å². The Balaban J connectivity index is 1.92. The van der Waals surface area contributed by atoms with Gasteiger partial charge in [0.2, 0.25) is 0 Å². The van der Waals surface area contributed by atoms with Gasteiger partial charge in [0.05, 0.1) is 11.2 Å². The zero-order chi connectivity index (χ0) is 13.2. The van der Waals surface area contributed by atoms with Crippen molar-refractivity contribution in [2.45, 2.75) is 45.3 Å². The normalized spacial score (nSPS) is 21.7. The van der Waals surface area contributed by atoms with Crippen molar-refractivity contribution in [2.75, 3.05) is 0 Å². The minimum absolute atomic E-state index is 0.237. The fourth-order valence-corrected chi connectivity index (χ4v) is 1.90. The van der Waals surface area contributed by atoms with E-state index in [1.807, 2.05) is 12.0 Å². The number of hydrogen-bond acceptors (Lipinski definition) is 2. The van der Waals surface area contributed by atoms with E-state index in [4.69, 9.17) is 9.31 Å². The van der Waals surface area contributed by atoms with E-state index in [1.54, 1.807) is 0 Å². The summed E-state index contributed by atoms with van der Waals surface area (Å²) in [5.74, 6) is 2.00. The molecule has 18 heavy (non-hydrogen) atoms. The standard InChI is InChI=1S/C15H21BO2/c1-14(2)15(3,4)18-16(17-14)12-8-11-13-9-6-5-7-10-13/h5-10,12H,11H2,1-4H3/b12-8+. The van der Waals surface area contributed by atoms with E-state index in [0.717, 1.165) is 6.42 Å². The highest BCUT2D eigenvalue weighted by Crippen LogP contribution is 2.36. The molecule has 0 radical (unpaired) electrons. The molecule has 0 saturated carbocycles. The second-order valence-electron chi connectivity index (χ2n) is 5.74. The Hall–Kier alpha value is -1.06. The zero-order valence-electron chi connectivity index (χ0n) is 11.6. The van der Waals surface area contributed by atoms with E-state index in [1.165, 1.54) is 5.56 Å². The van der Waals surface area contributed by atoms with Gasteiger partial charge in [-0.3, -0.25) is 0 Å². The van der Waals surface area contributed by atoms with Crippen molar-refractivity contribution in [1.29, 1.82) is 0 Å². The first-order chi connectivity index (χ1) is 8.41. The lowest BCUT2D eigenvalue weighted by molar-refractivity contribution is 0.00578. The summed E-state index contributed by atoms with van der Waals surface area (Å²) in [6, 6.07) is 10.4. The van der Waals surface area contributed by atoms with Gasteiger partial charge in [-0.1, -0.05) is 42.4 Å². The van der Waals surface area contributed by atoms with Crippen molar-refractivity contribution >= 4 is 7.12 Å². The van der Waals surface area contributed by atoms with Gasteiger partial charge in [0, 0.05) is 0 Å². The van der Waals surface area contributed by atoms with Crippen LogP contribution in [0.5, 0.6) is 0 Å². The molecule has 1 aromatic carbocycles. The van der Waals surface area contributed by atoms with E-state index in [9.17, 15) is 0 Å². The van der Waals surface area contributed by atoms with Gasteiger partial charge in [-0.15, -0.1) is 0 Å². The molecule has 2 rings (SSSR count). The molecule has 0 aromatic heterocycles. The second-order valence-corrected chi connectivity index (χ2v) is 5.74. The molecule has 0 spiro atoms. The van der Waals surface area contributed by atoms with Gasteiger partial charge in [0.15, 0.2) is 0 Å². The summed E-state index contributed by atoms with van der Waals surface area (Å²) in [5.41, 5.74) is 0.786. The molecule has 0 amide bonds. The van der Waals surface area contributed by atoms with E-state index >= 15 is 0 Å². The molecule has 1 saturated heterocycles. The fraction of sp³-hybridized carbons (Fsp3) is 0.467. The lowest BCUT2D eigenvalue weighted by Crippen LogP contribution is -2.41. The molecule has 1 heterocycles. The highest BCUT2D eigenvalue weighted by atomic mass is 16.7. The second kappa shape index (κ2) is 4.91. The van der Waals surface area contributed by atoms with E-state index < -0.39 is 0 Å². The highest BCUT2D eigenvalue weighted by Gasteiger charge is 2.49. The van der Waals surface area contributed by atoms with Crippen LogP contribution >= 0.6 is 0 Å². The number of hydrogen-bond donors (Lipinski definition) is 0. The molecule has 0 atom stereocenters. The molecule has 0 N–H and O–H groups in total.